The first kappa shape index (κ1) is 14.3. The zero-order valence-electron chi connectivity index (χ0n) is 12.3. The number of rotatable bonds is 2. The van der Waals surface area contributed by atoms with E-state index in [1.54, 1.807) is 0 Å². The Bertz CT molecular complexity index is 666. The van der Waals surface area contributed by atoms with Crippen molar-refractivity contribution in [1.29, 1.82) is 0 Å². The third-order valence-electron chi connectivity index (χ3n) is 3.92. The van der Waals surface area contributed by atoms with Gasteiger partial charge in [0.15, 0.2) is 0 Å². The molecule has 0 atom stereocenters. The highest BCUT2D eigenvalue weighted by Gasteiger charge is 2.27. The smallest absolute Gasteiger partial charge is 0.328 e. The van der Waals surface area contributed by atoms with Crippen LogP contribution in [0, 0.1) is 6.92 Å². The van der Waals surface area contributed by atoms with Gasteiger partial charge < -0.3 is 4.90 Å². The molecule has 0 bridgehead atoms. The van der Waals surface area contributed by atoms with Crippen molar-refractivity contribution < 1.29 is 14.4 Å². The molecule has 6 heteroatoms. The molecule has 2 saturated heterocycles. The number of aryl methyl sites for hydroxylation is 1. The number of hydrogen-bond donors (Lipinski definition) is 2. The van der Waals surface area contributed by atoms with E-state index in [1.165, 1.54) is 24.6 Å². The fraction of sp³-hybridized carbons (Fsp3) is 0.312. The number of benzene rings is 1. The largest absolute Gasteiger partial charge is 0.371 e. The maximum absolute atomic E-state index is 11.7. The van der Waals surface area contributed by atoms with Crippen LogP contribution in [0.2, 0.25) is 0 Å². The van der Waals surface area contributed by atoms with Crippen molar-refractivity contribution in [3.05, 3.63) is 34.9 Å². The molecule has 2 heterocycles. The third kappa shape index (κ3) is 2.72. The molecule has 0 spiro atoms. The summed E-state index contributed by atoms with van der Waals surface area (Å²) in [7, 11) is 0. The second kappa shape index (κ2) is 5.63. The zero-order chi connectivity index (χ0) is 15.7. The SMILES string of the molecule is Cc1cc(C=C2C(=O)NC(=O)NC2=O)ccc1N1CCCC1. The minimum Gasteiger partial charge on any atom is -0.371 e. The second-order valence-electron chi connectivity index (χ2n) is 5.54. The Morgan fingerprint density at radius 1 is 1.05 bits per heavy atom. The lowest BCUT2D eigenvalue weighted by atomic mass is 10.0. The van der Waals surface area contributed by atoms with Gasteiger partial charge in [0, 0.05) is 18.8 Å². The summed E-state index contributed by atoms with van der Waals surface area (Å²) in [6.45, 7) is 4.14. The summed E-state index contributed by atoms with van der Waals surface area (Å²) in [6, 6.07) is 5.05. The summed E-state index contributed by atoms with van der Waals surface area (Å²) in [6.07, 6.45) is 3.91. The second-order valence-corrected chi connectivity index (χ2v) is 5.54. The summed E-state index contributed by atoms with van der Waals surface area (Å²) >= 11 is 0. The van der Waals surface area contributed by atoms with Gasteiger partial charge in [0.1, 0.15) is 5.57 Å². The summed E-state index contributed by atoms with van der Waals surface area (Å²) in [5.74, 6) is -1.34. The topological polar surface area (TPSA) is 78.5 Å². The number of carbonyl (C=O) groups excluding carboxylic acids is 3. The summed E-state index contributed by atoms with van der Waals surface area (Å²) in [4.78, 5) is 36.8. The first-order valence-electron chi connectivity index (χ1n) is 7.28. The third-order valence-corrected chi connectivity index (χ3v) is 3.92. The fourth-order valence-corrected chi connectivity index (χ4v) is 2.85. The van der Waals surface area contributed by atoms with Crippen LogP contribution in [0.25, 0.3) is 6.08 Å². The van der Waals surface area contributed by atoms with Crippen molar-refractivity contribution in [2.24, 2.45) is 0 Å². The van der Waals surface area contributed by atoms with Crippen molar-refractivity contribution in [3.63, 3.8) is 0 Å². The number of barbiturate groups is 1. The Morgan fingerprint density at radius 3 is 2.27 bits per heavy atom. The summed E-state index contributed by atoms with van der Waals surface area (Å²) in [5.41, 5.74) is 2.99. The van der Waals surface area contributed by atoms with Crippen molar-refractivity contribution in [1.82, 2.24) is 10.6 Å². The van der Waals surface area contributed by atoms with E-state index in [9.17, 15) is 14.4 Å². The Hall–Kier alpha value is -2.63. The van der Waals surface area contributed by atoms with Crippen LogP contribution < -0.4 is 15.5 Å². The molecule has 22 heavy (non-hydrogen) atoms. The van der Waals surface area contributed by atoms with Gasteiger partial charge in [0.05, 0.1) is 0 Å². The van der Waals surface area contributed by atoms with Crippen LogP contribution in [0.1, 0.15) is 24.0 Å². The highest BCUT2D eigenvalue weighted by atomic mass is 16.2. The van der Waals surface area contributed by atoms with Crippen LogP contribution in [-0.4, -0.2) is 30.9 Å². The van der Waals surface area contributed by atoms with Crippen molar-refractivity contribution in [3.8, 4) is 0 Å². The summed E-state index contributed by atoms with van der Waals surface area (Å²) < 4.78 is 0. The minimum atomic E-state index is -0.785. The van der Waals surface area contributed by atoms with E-state index < -0.39 is 17.8 Å². The van der Waals surface area contributed by atoms with E-state index in [2.05, 4.69) is 15.5 Å². The number of amides is 4. The molecule has 0 aromatic heterocycles. The maximum atomic E-state index is 11.7. The van der Waals surface area contributed by atoms with E-state index in [0.29, 0.717) is 0 Å². The molecule has 4 amide bonds. The van der Waals surface area contributed by atoms with Crippen LogP contribution in [0.15, 0.2) is 23.8 Å². The van der Waals surface area contributed by atoms with Crippen LogP contribution in [-0.2, 0) is 9.59 Å². The minimum absolute atomic E-state index is 0.0621. The zero-order valence-corrected chi connectivity index (χ0v) is 12.3. The predicted molar refractivity (Wildman–Crippen MR) is 82.3 cm³/mol. The monoisotopic (exact) mass is 299 g/mol. The molecule has 0 unspecified atom stereocenters. The molecular formula is C16H17N3O3. The number of hydrogen-bond acceptors (Lipinski definition) is 4. The van der Waals surface area contributed by atoms with Crippen molar-refractivity contribution >= 4 is 29.6 Å². The molecular weight excluding hydrogens is 282 g/mol. The van der Waals surface area contributed by atoms with Gasteiger partial charge in [-0.2, -0.15) is 0 Å². The average molecular weight is 299 g/mol. The lowest BCUT2D eigenvalue weighted by Gasteiger charge is -2.20. The van der Waals surface area contributed by atoms with Crippen LogP contribution >= 0.6 is 0 Å². The summed E-state index contributed by atoms with van der Waals surface area (Å²) in [5, 5.41) is 4.13. The van der Waals surface area contributed by atoms with Crippen LogP contribution in [0.5, 0.6) is 0 Å². The molecule has 2 N–H and O–H groups in total. The Balaban J connectivity index is 1.87. The maximum Gasteiger partial charge on any atom is 0.328 e. The molecule has 114 valence electrons. The van der Waals surface area contributed by atoms with Crippen molar-refractivity contribution in [2.75, 3.05) is 18.0 Å². The molecule has 6 nitrogen and oxygen atoms in total. The normalized spacial score (nSPS) is 18.3. The van der Waals surface area contributed by atoms with Gasteiger partial charge in [-0.05, 0) is 49.1 Å². The molecule has 2 fully saturated rings. The first-order valence-corrected chi connectivity index (χ1v) is 7.28. The van der Waals surface area contributed by atoms with E-state index >= 15 is 0 Å². The highest BCUT2D eigenvalue weighted by molar-refractivity contribution is 6.31. The van der Waals surface area contributed by atoms with Gasteiger partial charge in [-0.25, -0.2) is 4.79 Å². The number of anilines is 1. The standard InChI is InChI=1S/C16H17N3O3/c1-10-8-11(4-5-13(10)19-6-2-3-7-19)9-12-14(20)17-16(22)18-15(12)21/h4-5,8-9H,2-3,6-7H2,1H3,(H2,17,18,20,21,22). The highest BCUT2D eigenvalue weighted by Crippen LogP contribution is 2.25. The lowest BCUT2D eigenvalue weighted by molar-refractivity contribution is -0.123. The first-order chi connectivity index (χ1) is 10.5. The molecule has 3 rings (SSSR count). The molecule has 1 aromatic rings. The van der Waals surface area contributed by atoms with Gasteiger partial charge in [-0.3, -0.25) is 20.2 Å². The molecule has 2 aliphatic heterocycles. The van der Waals surface area contributed by atoms with Crippen LogP contribution in [0.4, 0.5) is 10.5 Å². The molecule has 0 saturated carbocycles. The van der Waals surface area contributed by atoms with Crippen molar-refractivity contribution in [2.45, 2.75) is 19.8 Å². The average Bonchev–Trinajstić information content (AvgIpc) is 2.97. The molecule has 1 aromatic carbocycles. The van der Waals surface area contributed by atoms with Gasteiger partial charge in [-0.15, -0.1) is 0 Å². The number of carbonyl (C=O) groups is 3. The van der Waals surface area contributed by atoms with Crippen LogP contribution in [0.3, 0.4) is 0 Å². The van der Waals surface area contributed by atoms with E-state index in [0.717, 1.165) is 24.2 Å². The van der Waals surface area contributed by atoms with Gasteiger partial charge >= 0.3 is 6.03 Å². The molecule has 2 aliphatic rings. The predicted octanol–water partition coefficient (Wildman–Crippen LogP) is 1.34. The van der Waals surface area contributed by atoms with Gasteiger partial charge in [-0.1, -0.05) is 6.07 Å². The van der Waals surface area contributed by atoms with E-state index in [1.807, 2.05) is 25.1 Å². The number of urea groups is 1. The number of imide groups is 2. The Morgan fingerprint density at radius 2 is 1.68 bits per heavy atom. The fourth-order valence-electron chi connectivity index (χ4n) is 2.85. The van der Waals surface area contributed by atoms with E-state index in [4.69, 9.17) is 0 Å². The Kier molecular flexibility index (Phi) is 3.66. The van der Waals surface area contributed by atoms with Gasteiger partial charge in [0.2, 0.25) is 0 Å². The molecule has 0 aliphatic carbocycles. The number of nitrogens with one attached hydrogen (secondary N) is 2. The lowest BCUT2D eigenvalue weighted by Crippen LogP contribution is -2.51. The Labute approximate surface area is 128 Å². The number of nitrogens with zero attached hydrogens (tertiary/aromatic N) is 1. The molecule has 0 radical (unpaired) electrons. The van der Waals surface area contributed by atoms with E-state index in [-0.39, 0.29) is 5.57 Å². The van der Waals surface area contributed by atoms with Gasteiger partial charge in [0.25, 0.3) is 11.8 Å². The quantitative estimate of drug-likeness (QED) is 0.638.